The summed E-state index contributed by atoms with van der Waals surface area (Å²) in [6.45, 7) is 7.88. The van der Waals surface area contributed by atoms with Crippen molar-refractivity contribution in [1.82, 2.24) is 10.2 Å². The van der Waals surface area contributed by atoms with Gasteiger partial charge in [-0.3, -0.25) is 4.90 Å². The molecule has 5 heteroatoms. The predicted molar refractivity (Wildman–Crippen MR) is 76.6 cm³/mol. The van der Waals surface area contributed by atoms with Gasteiger partial charge >= 0.3 is 0 Å². The van der Waals surface area contributed by atoms with Crippen LogP contribution < -0.4 is 5.32 Å². The minimum atomic E-state index is 0. The highest BCUT2D eigenvalue weighted by molar-refractivity contribution is 9.11. The van der Waals surface area contributed by atoms with Crippen LogP contribution >= 0.6 is 39.7 Å². The Morgan fingerprint density at radius 2 is 2.06 bits per heavy atom. The van der Waals surface area contributed by atoms with Crippen LogP contribution in [0.5, 0.6) is 0 Å². The summed E-state index contributed by atoms with van der Waals surface area (Å²) in [5.74, 6) is 0. The van der Waals surface area contributed by atoms with Crippen molar-refractivity contribution in [3.8, 4) is 0 Å². The third-order valence-corrected chi connectivity index (χ3v) is 4.55. The van der Waals surface area contributed by atoms with E-state index in [0.29, 0.717) is 12.1 Å². The first-order valence-electron chi connectivity index (χ1n) is 5.36. The molecule has 0 bridgehead atoms. The molecular formula is C11H18BrClN2S. The van der Waals surface area contributed by atoms with Gasteiger partial charge in [0.05, 0.1) is 3.79 Å². The van der Waals surface area contributed by atoms with E-state index in [2.05, 4.69) is 51.4 Å². The quantitative estimate of drug-likeness (QED) is 0.899. The zero-order valence-electron chi connectivity index (χ0n) is 9.57. The predicted octanol–water partition coefficient (Wildman–Crippen LogP) is 3.11. The van der Waals surface area contributed by atoms with Crippen molar-refractivity contribution in [2.75, 3.05) is 13.1 Å². The topological polar surface area (TPSA) is 15.3 Å². The molecule has 0 radical (unpaired) electrons. The summed E-state index contributed by atoms with van der Waals surface area (Å²) in [7, 11) is 0. The second-order valence-electron chi connectivity index (χ2n) is 4.29. The lowest BCUT2D eigenvalue weighted by Crippen LogP contribution is -2.54. The number of hydrogen-bond donors (Lipinski definition) is 1. The molecule has 0 spiro atoms. The van der Waals surface area contributed by atoms with Crippen molar-refractivity contribution in [1.29, 1.82) is 0 Å². The Kier molecular flexibility index (Phi) is 5.74. The fraction of sp³-hybridized carbons (Fsp3) is 0.636. The lowest BCUT2D eigenvalue weighted by Gasteiger charge is -2.39. The minimum Gasteiger partial charge on any atom is -0.314 e. The van der Waals surface area contributed by atoms with Gasteiger partial charge in [-0.2, -0.15) is 0 Å². The van der Waals surface area contributed by atoms with Crippen LogP contribution in [-0.4, -0.2) is 30.1 Å². The van der Waals surface area contributed by atoms with E-state index in [9.17, 15) is 0 Å². The zero-order chi connectivity index (χ0) is 10.8. The van der Waals surface area contributed by atoms with Gasteiger partial charge in [0.1, 0.15) is 0 Å². The summed E-state index contributed by atoms with van der Waals surface area (Å²) < 4.78 is 1.23. The van der Waals surface area contributed by atoms with E-state index in [1.54, 1.807) is 11.3 Å². The molecule has 1 aliphatic heterocycles. The summed E-state index contributed by atoms with van der Waals surface area (Å²) in [6, 6.07) is 3.49. The van der Waals surface area contributed by atoms with Crippen molar-refractivity contribution >= 4 is 39.7 Å². The third kappa shape index (κ3) is 3.44. The molecule has 0 saturated carbocycles. The number of piperazine rings is 1. The van der Waals surface area contributed by atoms with Crippen molar-refractivity contribution in [3.63, 3.8) is 0 Å². The normalized spacial score (nSPS) is 26.4. The second kappa shape index (κ2) is 6.36. The molecule has 1 fully saturated rings. The smallest absolute Gasteiger partial charge is 0.0701 e. The molecular weight excluding hydrogens is 308 g/mol. The minimum absolute atomic E-state index is 0. The number of hydrogen-bond acceptors (Lipinski definition) is 3. The average Bonchev–Trinajstić information content (AvgIpc) is 2.58. The van der Waals surface area contributed by atoms with E-state index in [-0.39, 0.29) is 12.4 Å². The van der Waals surface area contributed by atoms with Gasteiger partial charge in [-0.1, -0.05) is 0 Å². The second-order valence-corrected chi connectivity index (χ2v) is 6.58. The van der Waals surface area contributed by atoms with Gasteiger partial charge in [0.2, 0.25) is 0 Å². The van der Waals surface area contributed by atoms with Gasteiger partial charge in [0.25, 0.3) is 0 Å². The van der Waals surface area contributed by atoms with Crippen molar-refractivity contribution in [2.24, 2.45) is 0 Å². The summed E-state index contributed by atoms with van der Waals surface area (Å²) in [4.78, 5) is 2.57. The fourth-order valence-corrected chi connectivity index (χ4v) is 3.32. The molecule has 1 aromatic rings. The number of rotatable bonds is 2. The highest BCUT2D eigenvalue weighted by Crippen LogP contribution is 2.23. The van der Waals surface area contributed by atoms with E-state index in [0.717, 1.165) is 19.6 Å². The molecule has 1 aromatic heterocycles. The third-order valence-electron chi connectivity index (χ3n) is 3.00. The largest absolute Gasteiger partial charge is 0.314 e. The van der Waals surface area contributed by atoms with Gasteiger partial charge < -0.3 is 5.32 Å². The first kappa shape index (κ1) is 14.5. The van der Waals surface area contributed by atoms with E-state index in [1.807, 2.05) is 0 Å². The van der Waals surface area contributed by atoms with Gasteiger partial charge in [-0.15, -0.1) is 23.7 Å². The maximum Gasteiger partial charge on any atom is 0.0701 e. The number of nitrogens with one attached hydrogen (secondary N) is 1. The molecule has 0 aromatic carbocycles. The van der Waals surface area contributed by atoms with Crippen LogP contribution in [0, 0.1) is 0 Å². The number of halogens is 2. The highest BCUT2D eigenvalue weighted by atomic mass is 79.9. The van der Waals surface area contributed by atoms with E-state index >= 15 is 0 Å². The van der Waals surface area contributed by atoms with Gasteiger partial charge in [-0.25, -0.2) is 0 Å². The Balaban J connectivity index is 0.00000128. The van der Waals surface area contributed by atoms with Crippen LogP contribution in [0.25, 0.3) is 0 Å². The van der Waals surface area contributed by atoms with Crippen LogP contribution in [0.3, 0.4) is 0 Å². The van der Waals surface area contributed by atoms with Crippen LogP contribution in [0.2, 0.25) is 0 Å². The molecule has 0 aliphatic carbocycles. The van der Waals surface area contributed by atoms with Crippen LogP contribution in [0.15, 0.2) is 15.2 Å². The van der Waals surface area contributed by atoms with Crippen molar-refractivity contribution in [3.05, 3.63) is 20.8 Å². The molecule has 1 saturated heterocycles. The summed E-state index contributed by atoms with van der Waals surface area (Å²) in [5, 5.41) is 5.70. The summed E-state index contributed by atoms with van der Waals surface area (Å²) >= 11 is 5.28. The van der Waals surface area contributed by atoms with Gasteiger partial charge in [-0.05, 0) is 46.8 Å². The Labute approximate surface area is 116 Å². The van der Waals surface area contributed by atoms with Crippen LogP contribution in [0.4, 0.5) is 0 Å². The lowest BCUT2D eigenvalue weighted by molar-refractivity contribution is 0.109. The molecule has 1 N–H and O–H groups in total. The molecule has 2 heterocycles. The van der Waals surface area contributed by atoms with Crippen LogP contribution in [-0.2, 0) is 6.54 Å². The molecule has 2 rings (SSSR count). The van der Waals surface area contributed by atoms with Crippen LogP contribution in [0.1, 0.15) is 19.4 Å². The fourth-order valence-electron chi connectivity index (χ4n) is 2.12. The van der Waals surface area contributed by atoms with E-state index in [4.69, 9.17) is 0 Å². The Morgan fingerprint density at radius 1 is 1.44 bits per heavy atom. The maximum absolute atomic E-state index is 3.51. The van der Waals surface area contributed by atoms with Crippen molar-refractivity contribution in [2.45, 2.75) is 32.5 Å². The Morgan fingerprint density at radius 3 is 2.56 bits per heavy atom. The first-order valence-corrected chi connectivity index (χ1v) is 7.03. The molecule has 2 atom stereocenters. The lowest BCUT2D eigenvalue weighted by atomic mass is 10.1. The average molecular weight is 326 g/mol. The van der Waals surface area contributed by atoms with Gasteiger partial charge in [0, 0.05) is 31.7 Å². The molecule has 16 heavy (non-hydrogen) atoms. The first-order chi connectivity index (χ1) is 7.16. The molecule has 0 amide bonds. The SMILES string of the molecule is C[C@@H]1CNC[C@H](C)N1Cc1csc(Br)c1.Cl. The summed E-state index contributed by atoms with van der Waals surface area (Å²) in [5.41, 5.74) is 1.42. The van der Waals surface area contributed by atoms with Crippen molar-refractivity contribution < 1.29 is 0 Å². The van der Waals surface area contributed by atoms with Gasteiger partial charge in [0.15, 0.2) is 0 Å². The zero-order valence-corrected chi connectivity index (χ0v) is 12.8. The monoisotopic (exact) mass is 324 g/mol. The molecule has 1 aliphatic rings. The molecule has 92 valence electrons. The molecule has 0 unspecified atom stereocenters. The van der Waals surface area contributed by atoms with E-state index < -0.39 is 0 Å². The Hall–Kier alpha value is 0.390. The molecule has 2 nitrogen and oxygen atoms in total. The number of nitrogens with zero attached hydrogens (tertiary/aromatic N) is 1. The Bertz CT molecular complexity index is 322. The van der Waals surface area contributed by atoms with E-state index in [1.165, 1.54) is 9.35 Å². The number of thiophene rings is 1. The summed E-state index contributed by atoms with van der Waals surface area (Å²) in [6.07, 6.45) is 0. The highest BCUT2D eigenvalue weighted by Gasteiger charge is 2.24. The maximum atomic E-state index is 3.51. The standard InChI is InChI=1S/C11H17BrN2S.ClH/c1-8-4-13-5-9(2)14(8)6-10-3-11(12)15-7-10;/h3,7-9,13H,4-6H2,1-2H3;1H/t8-,9+;.